The normalized spacial score (nSPS) is 12.2. The lowest BCUT2D eigenvalue weighted by molar-refractivity contribution is -0.117. The molecule has 134 valence electrons. The van der Waals surface area contributed by atoms with Gasteiger partial charge in [-0.1, -0.05) is 42.8 Å². The Kier molecular flexibility index (Phi) is 6.65. The number of carbonyl (C=O) groups is 1. The molecule has 26 heavy (non-hydrogen) atoms. The summed E-state index contributed by atoms with van der Waals surface area (Å²) in [6.07, 6.45) is 2.31. The number of nitrogens with two attached hydrogens (primary N) is 1. The molecule has 0 heterocycles. The van der Waals surface area contributed by atoms with Gasteiger partial charge in [0.25, 0.3) is 5.91 Å². The molecule has 0 saturated heterocycles. The monoisotopic (exact) mass is 368 g/mol. The molecule has 0 bridgehead atoms. The van der Waals surface area contributed by atoms with Crippen LogP contribution in [0.4, 0.5) is 11.4 Å². The van der Waals surface area contributed by atoms with E-state index >= 15 is 0 Å². The van der Waals surface area contributed by atoms with E-state index in [-0.39, 0.29) is 11.6 Å². The Morgan fingerprint density at radius 3 is 2.58 bits per heavy atom. The fourth-order valence-electron chi connectivity index (χ4n) is 2.32. The van der Waals surface area contributed by atoms with Crippen LogP contribution in [-0.4, -0.2) is 5.91 Å². The molecule has 6 heteroatoms. The molecule has 0 spiro atoms. The van der Waals surface area contributed by atoms with Crippen molar-refractivity contribution in [3.63, 3.8) is 0 Å². The van der Waals surface area contributed by atoms with Gasteiger partial charge in [0.2, 0.25) is 0 Å². The van der Waals surface area contributed by atoms with Gasteiger partial charge in [-0.25, -0.2) is 0 Å². The van der Waals surface area contributed by atoms with Crippen molar-refractivity contribution in [2.75, 3.05) is 11.1 Å². The minimum atomic E-state index is -0.450. The smallest absolute Gasteiger partial charge is 0.263 e. The fourth-order valence-corrected chi connectivity index (χ4v) is 2.50. The van der Waals surface area contributed by atoms with Gasteiger partial charge in [-0.15, -0.1) is 0 Å². The highest BCUT2D eigenvalue weighted by Gasteiger charge is 2.13. The van der Waals surface area contributed by atoms with Gasteiger partial charge in [-0.2, -0.15) is 5.26 Å². The van der Waals surface area contributed by atoms with E-state index in [2.05, 4.69) is 17.6 Å². The highest BCUT2D eigenvalue weighted by molar-refractivity contribution is 6.33. The van der Waals surface area contributed by atoms with Gasteiger partial charge in [0.05, 0.1) is 16.8 Å². The summed E-state index contributed by atoms with van der Waals surface area (Å²) in [4.78, 5) is 12.3. The Morgan fingerprint density at radius 1 is 1.31 bits per heavy atom. The van der Waals surface area contributed by atoms with Gasteiger partial charge in [-0.3, -0.25) is 4.79 Å². The van der Waals surface area contributed by atoms with Crippen molar-refractivity contribution in [1.82, 2.24) is 5.32 Å². The van der Waals surface area contributed by atoms with Crippen LogP contribution in [0.5, 0.6) is 0 Å². The average molecular weight is 369 g/mol. The van der Waals surface area contributed by atoms with Crippen LogP contribution in [0.3, 0.4) is 0 Å². The van der Waals surface area contributed by atoms with Crippen molar-refractivity contribution >= 4 is 28.9 Å². The van der Waals surface area contributed by atoms with Crippen LogP contribution in [0.1, 0.15) is 31.0 Å². The predicted octanol–water partition coefficient (Wildman–Crippen LogP) is 4.18. The van der Waals surface area contributed by atoms with Crippen molar-refractivity contribution in [3.8, 4) is 6.07 Å². The van der Waals surface area contributed by atoms with Gasteiger partial charge in [0, 0.05) is 11.9 Å². The van der Waals surface area contributed by atoms with Gasteiger partial charge < -0.3 is 16.4 Å². The number of carbonyl (C=O) groups excluding carboxylic acids is 1. The highest BCUT2D eigenvalue weighted by atomic mass is 35.5. The lowest BCUT2D eigenvalue weighted by atomic mass is 10.0. The second-order valence-electron chi connectivity index (χ2n) is 5.84. The quantitative estimate of drug-likeness (QED) is 0.405. The zero-order valence-electron chi connectivity index (χ0n) is 14.7. The van der Waals surface area contributed by atoms with Crippen LogP contribution in [0, 0.1) is 11.3 Å². The van der Waals surface area contributed by atoms with E-state index in [1.54, 1.807) is 18.2 Å². The third-order valence-electron chi connectivity index (χ3n) is 3.98. The fraction of sp³-hybridized carbons (Fsp3) is 0.200. The highest BCUT2D eigenvalue weighted by Crippen LogP contribution is 2.22. The molecule has 1 amide bonds. The largest absolute Gasteiger partial charge is 0.398 e. The molecule has 5 nitrogen and oxygen atoms in total. The number of rotatable bonds is 6. The molecule has 0 saturated carbocycles. The minimum Gasteiger partial charge on any atom is -0.398 e. The summed E-state index contributed by atoms with van der Waals surface area (Å²) in [5.41, 5.74) is 8.93. The predicted molar refractivity (Wildman–Crippen MR) is 106 cm³/mol. The first-order valence-corrected chi connectivity index (χ1v) is 8.64. The van der Waals surface area contributed by atoms with E-state index in [1.165, 1.54) is 11.8 Å². The molecule has 0 radical (unpaired) electrons. The first-order valence-electron chi connectivity index (χ1n) is 8.26. The third kappa shape index (κ3) is 5.01. The number of aryl methyl sites for hydroxylation is 1. The number of hydrogen-bond acceptors (Lipinski definition) is 4. The molecule has 1 unspecified atom stereocenters. The van der Waals surface area contributed by atoms with Gasteiger partial charge in [0.1, 0.15) is 11.6 Å². The van der Waals surface area contributed by atoms with Crippen molar-refractivity contribution < 1.29 is 4.79 Å². The Balaban J connectivity index is 2.04. The van der Waals surface area contributed by atoms with Crippen LogP contribution in [0.15, 0.2) is 54.2 Å². The van der Waals surface area contributed by atoms with Crippen LogP contribution >= 0.6 is 11.6 Å². The molecular weight excluding hydrogens is 348 g/mol. The number of nitrogen functional groups attached to an aromatic ring is 1. The van der Waals surface area contributed by atoms with Crippen LogP contribution < -0.4 is 16.4 Å². The molecule has 1 atom stereocenters. The van der Waals surface area contributed by atoms with E-state index in [0.717, 1.165) is 12.0 Å². The Hall–Kier alpha value is -2.97. The maximum absolute atomic E-state index is 12.3. The van der Waals surface area contributed by atoms with E-state index in [4.69, 9.17) is 17.3 Å². The zero-order valence-corrected chi connectivity index (χ0v) is 15.5. The summed E-state index contributed by atoms with van der Waals surface area (Å²) in [6, 6.07) is 14.7. The standard InChI is InChI=1S/C20H21ClN4O/c1-3-14-4-6-15(7-5-14)13(2)25-20(26)16(11-22)12-24-17-8-9-19(23)18(21)10-17/h4-10,12-13,24H,3,23H2,1-2H3,(H,25,26)/b16-12-. The molecular formula is C20H21ClN4O. The molecule has 2 aromatic carbocycles. The molecule has 4 N–H and O–H groups in total. The van der Waals surface area contributed by atoms with E-state index in [9.17, 15) is 10.1 Å². The summed E-state index contributed by atoms with van der Waals surface area (Å²) < 4.78 is 0. The number of hydrogen-bond donors (Lipinski definition) is 3. The maximum Gasteiger partial charge on any atom is 0.263 e. The number of anilines is 2. The van der Waals surface area contributed by atoms with E-state index in [1.807, 2.05) is 37.3 Å². The van der Waals surface area contributed by atoms with Crippen LogP contribution in [-0.2, 0) is 11.2 Å². The summed E-state index contributed by atoms with van der Waals surface area (Å²) in [5, 5.41) is 15.4. The van der Waals surface area contributed by atoms with Crippen LogP contribution in [0.2, 0.25) is 5.02 Å². The lowest BCUT2D eigenvalue weighted by Gasteiger charge is -2.14. The Labute approximate surface area is 158 Å². The minimum absolute atomic E-state index is 0.0324. The number of nitrogens with one attached hydrogen (secondary N) is 2. The van der Waals surface area contributed by atoms with Crippen molar-refractivity contribution in [3.05, 3.63) is 70.4 Å². The molecule has 0 aliphatic rings. The van der Waals surface area contributed by atoms with Gasteiger partial charge >= 0.3 is 0 Å². The number of halogens is 1. The molecule has 0 aromatic heterocycles. The van der Waals surface area contributed by atoms with Crippen molar-refractivity contribution in [2.45, 2.75) is 26.3 Å². The molecule has 2 rings (SSSR count). The number of benzene rings is 2. The average Bonchev–Trinajstić information content (AvgIpc) is 2.65. The van der Waals surface area contributed by atoms with Crippen LogP contribution in [0.25, 0.3) is 0 Å². The van der Waals surface area contributed by atoms with Gasteiger partial charge in [0.15, 0.2) is 0 Å². The Morgan fingerprint density at radius 2 is 2.00 bits per heavy atom. The topological polar surface area (TPSA) is 90.9 Å². The summed E-state index contributed by atoms with van der Waals surface area (Å²) in [6.45, 7) is 3.96. The Bertz CT molecular complexity index is 853. The van der Waals surface area contributed by atoms with E-state index in [0.29, 0.717) is 16.4 Å². The molecule has 2 aromatic rings. The number of amides is 1. The van der Waals surface area contributed by atoms with E-state index < -0.39 is 5.91 Å². The number of nitriles is 1. The first kappa shape index (κ1) is 19.4. The van der Waals surface area contributed by atoms with Crippen molar-refractivity contribution in [1.29, 1.82) is 5.26 Å². The number of nitrogens with zero attached hydrogens (tertiary/aromatic N) is 1. The summed E-state index contributed by atoms with van der Waals surface area (Å²) in [5.74, 6) is -0.450. The SMILES string of the molecule is CCc1ccc(C(C)NC(=O)/C(C#N)=C\Nc2ccc(N)c(Cl)c2)cc1. The second-order valence-corrected chi connectivity index (χ2v) is 6.25. The first-order chi connectivity index (χ1) is 12.4. The zero-order chi connectivity index (χ0) is 19.1. The molecule has 0 fully saturated rings. The van der Waals surface area contributed by atoms with Crippen molar-refractivity contribution in [2.24, 2.45) is 0 Å². The third-order valence-corrected chi connectivity index (χ3v) is 4.31. The van der Waals surface area contributed by atoms with Gasteiger partial charge in [-0.05, 0) is 42.7 Å². The molecule has 0 aliphatic heterocycles. The summed E-state index contributed by atoms with van der Waals surface area (Å²) in [7, 11) is 0. The second kappa shape index (κ2) is 8.93. The summed E-state index contributed by atoms with van der Waals surface area (Å²) >= 11 is 5.95. The maximum atomic E-state index is 12.3. The lowest BCUT2D eigenvalue weighted by Crippen LogP contribution is -2.28. The molecule has 0 aliphatic carbocycles.